The molecule has 138 valence electrons. The maximum Gasteiger partial charge on any atom is 0.230 e. The lowest BCUT2D eigenvalue weighted by Gasteiger charge is -2.34. The molecule has 5 rings (SSSR count). The van der Waals surface area contributed by atoms with Crippen molar-refractivity contribution in [1.29, 1.82) is 0 Å². The Kier molecular flexibility index (Phi) is 4.06. The van der Waals surface area contributed by atoms with Crippen molar-refractivity contribution in [2.45, 2.75) is 26.2 Å². The summed E-state index contributed by atoms with van der Waals surface area (Å²) in [5.74, 6) is 1.63. The maximum absolute atomic E-state index is 9.14. The van der Waals surface area contributed by atoms with Gasteiger partial charge in [-0.1, -0.05) is 6.92 Å². The number of anilines is 1. The number of aliphatic hydroxyl groups excluding tert-OH is 1. The summed E-state index contributed by atoms with van der Waals surface area (Å²) in [5, 5.41) is 14.9. The van der Waals surface area contributed by atoms with E-state index in [-0.39, 0.29) is 6.61 Å². The molecule has 26 heavy (non-hydrogen) atoms. The highest BCUT2D eigenvalue weighted by Gasteiger charge is 2.27. The molecule has 0 amide bonds. The third-order valence-electron chi connectivity index (χ3n) is 5.72. The average Bonchev–Trinajstić information content (AvgIpc) is 3.25. The SMILES string of the molecule is C[C@@H]1CCc2sc3nc(N4CCN(CCO)CC4)n4ncnc4c3c2C1. The summed E-state index contributed by atoms with van der Waals surface area (Å²) >= 11 is 1.84. The topological polar surface area (TPSA) is 69.8 Å². The van der Waals surface area contributed by atoms with Gasteiger partial charge in [-0.25, -0.2) is 9.97 Å². The monoisotopic (exact) mass is 372 g/mol. The number of hydrogen-bond donors (Lipinski definition) is 1. The van der Waals surface area contributed by atoms with E-state index in [2.05, 4.69) is 26.8 Å². The van der Waals surface area contributed by atoms with E-state index < -0.39 is 0 Å². The van der Waals surface area contributed by atoms with E-state index in [4.69, 9.17) is 10.1 Å². The molecule has 1 aliphatic heterocycles. The Labute approximate surface area is 156 Å². The molecule has 0 aromatic carbocycles. The molecule has 0 radical (unpaired) electrons. The minimum atomic E-state index is 0.219. The number of hydrogen-bond acceptors (Lipinski definition) is 7. The third kappa shape index (κ3) is 2.59. The standard InChI is InChI=1S/C18H24N6OS/c1-12-2-3-14-13(10-12)15-16-19-11-20-24(16)18(21-17(15)26-14)23-6-4-22(5-7-23)8-9-25/h11-12,25H,2-10H2,1H3/t12-/m1/s1. The number of aliphatic hydroxyl groups is 1. The molecule has 1 aliphatic carbocycles. The number of fused-ring (bicyclic) bond motifs is 5. The fourth-order valence-electron chi connectivity index (χ4n) is 4.27. The van der Waals surface area contributed by atoms with Crippen LogP contribution in [0.5, 0.6) is 0 Å². The smallest absolute Gasteiger partial charge is 0.230 e. The zero-order valence-corrected chi connectivity index (χ0v) is 15.9. The van der Waals surface area contributed by atoms with Gasteiger partial charge >= 0.3 is 0 Å². The van der Waals surface area contributed by atoms with E-state index in [9.17, 15) is 0 Å². The molecule has 7 nitrogen and oxygen atoms in total. The zero-order chi connectivity index (χ0) is 17.7. The molecule has 8 heteroatoms. The minimum Gasteiger partial charge on any atom is -0.395 e. The van der Waals surface area contributed by atoms with Crippen molar-refractivity contribution in [2.24, 2.45) is 5.92 Å². The molecule has 4 heterocycles. The summed E-state index contributed by atoms with van der Waals surface area (Å²) in [5.41, 5.74) is 2.41. The molecule has 1 saturated heterocycles. The molecule has 1 fully saturated rings. The number of nitrogens with zero attached hydrogens (tertiary/aromatic N) is 6. The van der Waals surface area contributed by atoms with Crippen LogP contribution in [0.2, 0.25) is 0 Å². The Hall–Kier alpha value is -1.77. The van der Waals surface area contributed by atoms with Gasteiger partial charge in [-0.05, 0) is 30.7 Å². The van der Waals surface area contributed by atoms with Gasteiger partial charge in [0.05, 0.1) is 12.0 Å². The van der Waals surface area contributed by atoms with E-state index in [1.165, 1.54) is 22.2 Å². The summed E-state index contributed by atoms with van der Waals surface area (Å²) in [7, 11) is 0. The van der Waals surface area contributed by atoms with Gasteiger partial charge in [0.1, 0.15) is 11.2 Å². The van der Waals surface area contributed by atoms with Crippen molar-refractivity contribution < 1.29 is 5.11 Å². The van der Waals surface area contributed by atoms with Crippen molar-refractivity contribution in [3.8, 4) is 0 Å². The Morgan fingerprint density at radius 3 is 2.92 bits per heavy atom. The van der Waals surface area contributed by atoms with Crippen LogP contribution in [0, 0.1) is 5.92 Å². The number of β-amino-alcohol motifs (C(OH)–C–C–N with tert-alkyl or cyclic N) is 1. The van der Waals surface area contributed by atoms with Crippen LogP contribution < -0.4 is 4.90 Å². The van der Waals surface area contributed by atoms with Crippen LogP contribution in [0.4, 0.5) is 5.95 Å². The second-order valence-electron chi connectivity index (χ2n) is 7.49. The molecule has 0 spiro atoms. The molecular weight excluding hydrogens is 348 g/mol. The van der Waals surface area contributed by atoms with Crippen LogP contribution in [0.25, 0.3) is 15.9 Å². The van der Waals surface area contributed by atoms with Gasteiger partial charge in [0.15, 0.2) is 5.65 Å². The van der Waals surface area contributed by atoms with E-state index in [1.54, 1.807) is 6.33 Å². The molecule has 0 saturated carbocycles. The number of aromatic nitrogens is 4. The van der Waals surface area contributed by atoms with Crippen LogP contribution in [0.3, 0.4) is 0 Å². The summed E-state index contributed by atoms with van der Waals surface area (Å²) in [6, 6.07) is 0. The van der Waals surface area contributed by atoms with Gasteiger partial charge in [-0.2, -0.15) is 9.61 Å². The second-order valence-corrected chi connectivity index (χ2v) is 8.58. The van der Waals surface area contributed by atoms with Gasteiger partial charge in [0.25, 0.3) is 0 Å². The van der Waals surface area contributed by atoms with Gasteiger partial charge in [-0.15, -0.1) is 11.3 Å². The first-order valence-corrected chi connectivity index (χ1v) is 10.3. The number of rotatable bonds is 3. The summed E-state index contributed by atoms with van der Waals surface area (Å²) in [6.07, 6.45) is 5.20. The summed E-state index contributed by atoms with van der Waals surface area (Å²) in [6.45, 7) is 6.97. The molecule has 3 aromatic rings. The Morgan fingerprint density at radius 1 is 1.27 bits per heavy atom. The number of aryl methyl sites for hydroxylation is 1. The first kappa shape index (κ1) is 16.4. The van der Waals surface area contributed by atoms with Gasteiger partial charge in [0, 0.05) is 37.6 Å². The van der Waals surface area contributed by atoms with Gasteiger partial charge in [-0.3, -0.25) is 4.90 Å². The van der Waals surface area contributed by atoms with Crippen LogP contribution in [0.15, 0.2) is 6.33 Å². The van der Waals surface area contributed by atoms with Crippen molar-refractivity contribution >= 4 is 33.1 Å². The fraction of sp³-hybridized carbons (Fsp3) is 0.611. The number of thiophene rings is 1. The minimum absolute atomic E-state index is 0.219. The van der Waals surface area contributed by atoms with Crippen LogP contribution >= 0.6 is 11.3 Å². The number of piperazine rings is 1. The van der Waals surface area contributed by atoms with Crippen LogP contribution in [-0.2, 0) is 12.8 Å². The van der Waals surface area contributed by atoms with Gasteiger partial charge in [0.2, 0.25) is 5.95 Å². The molecule has 2 aliphatic rings. The maximum atomic E-state index is 9.14. The molecule has 3 aromatic heterocycles. The Morgan fingerprint density at radius 2 is 2.12 bits per heavy atom. The molecule has 0 unspecified atom stereocenters. The first-order chi connectivity index (χ1) is 12.7. The van der Waals surface area contributed by atoms with E-state index in [1.807, 2.05) is 15.9 Å². The average molecular weight is 372 g/mol. The lowest BCUT2D eigenvalue weighted by Crippen LogP contribution is -2.48. The molecule has 0 bridgehead atoms. The highest BCUT2D eigenvalue weighted by atomic mass is 32.1. The zero-order valence-electron chi connectivity index (χ0n) is 15.1. The Balaban J connectivity index is 1.58. The fourth-order valence-corrected chi connectivity index (χ4v) is 5.47. The predicted molar refractivity (Wildman–Crippen MR) is 103 cm³/mol. The largest absolute Gasteiger partial charge is 0.395 e. The Bertz CT molecular complexity index is 942. The highest BCUT2D eigenvalue weighted by Crippen LogP contribution is 2.39. The molecule has 1 atom stereocenters. The van der Waals surface area contributed by atoms with E-state index in [0.29, 0.717) is 0 Å². The summed E-state index contributed by atoms with van der Waals surface area (Å²) < 4.78 is 1.93. The van der Waals surface area contributed by atoms with Crippen LogP contribution in [-0.4, -0.2) is 68.9 Å². The van der Waals surface area contributed by atoms with Crippen LogP contribution in [0.1, 0.15) is 23.8 Å². The molecule has 1 N–H and O–H groups in total. The first-order valence-electron chi connectivity index (χ1n) is 9.46. The quantitative estimate of drug-likeness (QED) is 0.753. The van der Waals surface area contributed by atoms with E-state index in [0.717, 1.165) is 67.9 Å². The van der Waals surface area contributed by atoms with Gasteiger partial charge < -0.3 is 10.0 Å². The third-order valence-corrected chi connectivity index (χ3v) is 6.91. The van der Waals surface area contributed by atoms with Crippen molar-refractivity contribution in [3.05, 3.63) is 16.8 Å². The van der Waals surface area contributed by atoms with E-state index >= 15 is 0 Å². The predicted octanol–water partition coefficient (Wildman–Crippen LogP) is 1.58. The lowest BCUT2D eigenvalue weighted by atomic mass is 9.89. The van der Waals surface area contributed by atoms with Crippen molar-refractivity contribution in [1.82, 2.24) is 24.5 Å². The van der Waals surface area contributed by atoms with Crippen molar-refractivity contribution in [3.63, 3.8) is 0 Å². The van der Waals surface area contributed by atoms with Crippen molar-refractivity contribution in [2.75, 3.05) is 44.2 Å². The lowest BCUT2D eigenvalue weighted by molar-refractivity contribution is 0.188. The molecular formula is C18H24N6OS. The highest BCUT2D eigenvalue weighted by molar-refractivity contribution is 7.19. The summed E-state index contributed by atoms with van der Waals surface area (Å²) in [4.78, 5) is 16.8. The normalized spacial score (nSPS) is 21.6. The second kappa shape index (κ2) is 6.44.